The Labute approximate surface area is 147 Å². The van der Waals surface area contributed by atoms with Gasteiger partial charge in [-0.1, -0.05) is 18.2 Å². The van der Waals surface area contributed by atoms with E-state index >= 15 is 0 Å². The van der Waals surface area contributed by atoms with Crippen molar-refractivity contribution in [1.29, 1.82) is 0 Å². The summed E-state index contributed by atoms with van der Waals surface area (Å²) in [7, 11) is 0. The molecule has 0 aliphatic heterocycles. The van der Waals surface area contributed by atoms with Gasteiger partial charge >= 0.3 is 6.03 Å². The van der Waals surface area contributed by atoms with Crippen LogP contribution in [0.4, 0.5) is 4.79 Å². The average molecular weight is 356 g/mol. The highest BCUT2D eigenvalue weighted by Gasteiger charge is 2.11. The molecular weight excluding hydrogens is 340 g/mol. The van der Waals surface area contributed by atoms with Gasteiger partial charge in [0, 0.05) is 4.88 Å². The number of hydrogen-bond donors (Lipinski definition) is 2. The zero-order chi connectivity index (χ0) is 17.8. The molecule has 2 aromatic heterocycles. The SMILES string of the molecule is Cc1cccc2c(=O)n(CC(=O)NC(=O)NCc3cccs3)cnc12. The van der Waals surface area contributed by atoms with E-state index in [1.165, 1.54) is 22.2 Å². The Hall–Kier alpha value is -3.00. The summed E-state index contributed by atoms with van der Waals surface area (Å²) in [5.74, 6) is -0.584. The van der Waals surface area contributed by atoms with Gasteiger partial charge < -0.3 is 5.32 Å². The van der Waals surface area contributed by atoms with Crippen LogP contribution >= 0.6 is 11.3 Å². The third kappa shape index (κ3) is 3.92. The Morgan fingerprint density at radius 2 is 2.08 bits per heavy atom. The van der Waals surface area contributed by atoms with Crippen LogP contribution in [0.1, 0.15) is 10.4 Å². The van der Waals surface area contributed by atoms with Gasteiger partial charge in [-0.15, -0.1) is 11.3 Å². The number of thiophene rings is 1. The van der Waals surface area contributed by atoms with E-state index < -0.39 is 11.9 Å². The zero-order valence-corrected chi connectivity index (χ0v) is 14.3. The number of rotatable bonds is 4. The van der Waals surface area contributed by atoms with E-state index in [0.717, 1.165) is 10.4 Å². The molecule has 0 atom stereocenters. The van der Waals surface area contributed by atoms with Gasteiger partial charge in [0.05, 0.1) is 23.8 Å². The predicted octanol–water partition coefficient (Wildman–Crippen LogP) is 1.79. The lowest BCUT2D eigenvalue weighted by molar-refractivity contribution is -0.120. The summed E-state index contributed by atoms with van der Waals surface area (Å²) < 4.78 is 1.18. The molecule has 0 aliphatic rings. The van der Waals surface area contributed by atoms with Crippen molar-refractivity contribution in [1.82, 2.24) is 20.2 Å². The second-order valence-corrected chi connectivity index (χ2v) is 6.49. The zero-order valence-electron chi connectivity index (χ0n) is 13.5. The van der Waals surface area contributed by atoms with Crippen LogP contribution in [0.15, 0.2) is 46.8 Å². The van der Waals surface area contributed by atoms with Crippen molar-refractivity contribution in [3.8, 4) is 0 Å². The van der Waals surface area contributed by atoms with Gasteiger partial charge in [0.2, 0.25) is 5.91 Å². The Balaban J connectivity index is 1.64. The minimum atomic E-state index is -0.601. The largest absolute Gasteiger partial charge is 0.333 e. The van der Waals surface area contributed by atoms with E-state index in [1.54, 1.807) is 12.1 Å². The number of amides is 3. The number of para-hydroxylation sites is 1. The topological polar surface area (TPSA) is 93.1 Å². The molecule has 0 fully saturated rings. The molecule has 0 saturated heterocycles. The second-order valence-electron chi connectivity index (χ2n) is 5.46. The van der Waals surface area contributed by atoms with Gasteiger partial charge in [0.1, 0.15) is 6.54 Å². The summed E-state index contributed by atoms with van der Waals surface area (Å²) in [4.78, 5) is 41.4. The highest BCUT2D eigenvalue weighted by atomic mass is 32.1. The van der Waals surface area contributed by atoms with Crippen molar-refractivity contribution < 1.29 is 9.59 Å². The summed E-state index contributed by atoms with van der Waals surface area (Å²) in [6.07, 6.45) is 1.32. The Bertz CT molecular complexity index is 979. The summed E-state index contributed by atoms with van der Waals surface area (Å²) in [5, 5.41) is 7.14. The molecule has 3 aromatic rings. The van der Waals surface area contributed by atoms with Gasteiger partial charge in [-0.3, -0.25) is 19.5 Å². The highest BCUT2D eigenvalue weighted by Crippen LogP contribution is 2.11. The van der Waals surface area contributed by atoms with Gasteiger partial charge in [-0.05, 0) is 30.0 Å². The minimum Gasteiger partial charge on any atom is -0.333 e. The normalized spacial score (nSPS) is 10.6. The molecular formula is C17H16N4O3S. The maximum absolute atomic E-state index is 12.4. The lowest BCUT2D eigenvalue weighted by atomic mass is 10.1. The first kappa shape index (κ1) is 16.8. The molecule has 8 heteroatoms. The van der Waals surface area contributed by atoms with E-state index in [0.29, 0.717) is 17.4 Å². The number of carbonyl (C=O) groups excluding carboxylic acids is 2. The van der Waals surface area contributed by atoms with Crippen LogP contribution in [0.5, 0.6) is 0 Å². The lowest BCUT2D eigenvalue weighted by Gasteiger charge is -2.08. The van der Waals surface area contributed by atoms with Crippen molar-refractivity contribution in [3.63, 3.8) is 0 Å². The lowest BCUT2D eigenvalue weighted by Crippen LogP contribution is -2.41. The highest BCUT2D eigenvalue weighted by molar-refractivity contribution is 7.09. The number of benzene rings is 1. The molecule has 2 N–H and O–H groups in total. The molecule has 2 heterocycles. The number of carbonyl (C=O) groups is 2. The Morgan fingerprint density at radius 3 is 2.84 bits per heavy atom. The summed E-state index contributed by atoms with van der Waals surface area (Å²) in [6.45, 7) is 1.93. The molecule has 1 aromatic carbocycles. The van der Waals surface area contributed by atoms with Crippen molar-refractivity contribution >= 4 is 34.2 Å². The number of fused-ring (bicyclic) bond motifs is 1. The monoisotopic (exact) mass is 356 g/mol. The molecule has 0 unspecified atom stereocenters. The van der Waals surface area contributed by atoms with E-state index in [2.05, 4.69) is 15.6 Å². The van der Waals surface area contributed by atoms with Gasteiger partial charge in [0.15, 0.2) is 0 Å². The number of nitrogens with zero attached hydrogens (tertiary/aromatic N) is 2. The van der Waals surface area contributed by atoms with E-state index in [-0.39, 0.29) is 12.1 Å². The fourth-order valence-electron chi connectivity index (χ4n) is 2.40. The van der Waals surface area contributed by atoms with Gasteiger partial charge in [-0.25, -0.2) is 9.78 Å². The number of nitrogens with one attached hydrogen (secondary N) is 2. The maximum Gasteiger partial charge on any atom is 0.321 e. The first-order chi connectivity index (χ1) is 12.0. The third-order valence-electron chi connectivity index (χ3n) is 3.63. The number of urea groups is 1. The first-order valence-corrected chi connectivity index (χ1v) is 8.47. The molecule has 0 bridgehead atoms. The van der Waals surface area contributed by atoms with Crippen molar-refractivity contribution in [2.24, 2.45) is 0 Å². The Morgan fingerprint density at radius 1 is 1.24 bits per heavy atom. The molecule has 0 spiro atoms. The van der Waals surface area contributed by atoms with Crippen LogP contribution < -0.4 is 16.2 Å². The summed E-state index contributed by atoms with van der Waals surface area (Å²) >= 11 is 1.51. The van der Waals surface area contributed by atoms with Crippen molar-refractivity contribution in [2.75, 3.05) is 0 Å². The molecule has 3 rings (SSSR count). The second kappa shape index (κ2) is 7.27. The van der Waals surface area contributed by atoms with E-state index in [1.807, 2.05) is 30.5 Å². The number of imide groups is 1. The third-order valence-corrected chi connectivity index (χ3v) is 4.50. The standard InChI is InChI=1S/C17H16N4O3S/c1-11-4-2-6-13-15(11)19-10-21(16(13)23)9-14(22)20-17(24)18-8-12-5-3-7-25-12/h2-7,10H,8-9H2,1H3,(H2,18,20,22,24). The molecule has 128 valence electrons. The van der Waals surface area contributed by atoms with Gasteiger partial charge in [0.25, 0.3) is 5.56 Å². The number of hydrogen-bond acceptors (Lipinski definition) is 5. The molecule has 0 aliphatic carbocycles. The predicted molar refractivity (Wildman–Crippen MR) is 95.4 cm³/mol. The fraction of sp³-hybridized carbons (Fsp3) is 0.176. The van der Waals surface area contributed by atoms with Crippen LogP contribution in [0, 0.1) is 6.92 Å². The smallest absolute Gasteiger partial charge is 0.321 e. The fourth-order valence-corrected chi connectivity index (χ4v) is 3.04. The Kier molecular flexibility index (Phi) is 4.90. The van der Waals surface area contributed by atoms with E-state index in [9.17, 15) is 14.4 Å². The molecule has 0 radical (unpaired) electrons. The van der Waals surface area contributed by atoms with Crippen LogP contribution in [-0.4, -0.2) is 21.5 Å². The van der Waals surface area contributed by atoms with Crippen LogP contribution in [0.25, 0.3) is 10.9 Å². The molecule has 25 heavy (non-hydrogen) atoms. The summed E-state index contributed by atoms with van der Waals surface area (Å²) in [5.41, 5.74) is 1.18. The van der Waals surface area contributed by atoms with Gasteiger partial charge in [-0.2, -0.15) is 0 Å². The molecule has 7 nitrogen and oxygen atoms in total. The molecule has 0 saturated carbocycles. The average Bonchev–Trinajstić information content (AvgIpc) is 3.10. The number of aromatic nitrogens is 2. The first-order valence-electron chi connectivity index (χ1n) is 7.59. The summed E-state index contributed by atoms with van der Waals surface area (Å²) in [6, 6.07) is 8.46. The van der Waals surface area contributed by atoms with Crippen LogP contribution in [0.2, 0.25) is 0 Å². The van der Waals surface area contributed by atoms with Crippen molar-refractivity contribution in [3.05, 3.63) is 62.8 Å². The maximum atomic E-state index is 12.4. The molecule has 3 amide bonds. The van der Waals surface area contributed by atoms with Crippen LogP contribution in [-0.2, 0) is 17.9 Å². The van der Waals surface area contributed by atoms with Crippen molar-refractivity contribution in [2.45, 2.75) is 20.0 Å². The van der Waals surface area contributed by atoms with E-state index in [4.69, 9.17) is 0 Å². The van der Waals surface area contributed by atoms with Crippen LogP contribution in [0.3, 0.4) is 0 Å². The quantitative estimate of drug-likeness (QED) is 0.745. The minimum absolute atomic E-state index is 0.276. The number of aryl methyl sites for hydroxylation is 1.